The van der Waals surface area contributed by atoms with Crippen molar-refractivity contribution in [3.63, 3.8) is 0 Å². The van der Waals surface area contributed by atoms with E-state index in [0.717, 1.165) is 5.56 Å². The predicted octanol–water partition coefficient (Wildman–Crippen LogP) is 3.84. The van der Waals surface area contributed by atoms with Gasteiger partial charge in [0.2, 0.25) is 0 Å². The molecule has 1 aromatic carbocycles. The van der Waals surface area contributed by atoms with Crippen LogP contribution >= 0.6 is 11.6 Å². The van der Waals surface area contributed by atoms with Gasteiger partial charge in [-0.25, -0.2) is 0 Å². The molecule has 0 atom stereocenters. The third kappa shape index (κ3) is 4.02. The number of carbonyl (C=O) groups is 1. The van der Waals surface area contributed by atoms with Gasteiger partial charge < -0.3 is 5.32 Å². The maximum Gasteiger partial charge on any atom is 0.251 e. The lowest BCUT2D eigenvalue weighted by molar-refractivity contribution is 0.0925. The molecule has 0 saturated heterocycles. The molecule has 1 rings (SSSR count). The van der Waals surface area contributed by atoms with Gasteiger partial charge in [0.1, 0.15) is 0 Å². The summed E-state index contributed by atoms with van der Waals surface area (Å²) in [4.78, 5) is 12.0. The van der Waals surface area contributed by atoms with Gasteiger partial charge in [-0.1, -0.05) is 39.8 Å². The summed E-state index contributed by atoms with van der Waals surface area (Å²) in [5.41, 5.74) is 1.81. The van der Waals surface area contributed by atoms with E-state index in [1.807, 2.05) is 24.3 Å². The normalized spacial score (nSPS) is 11.7. The summed E-state index contributed by atoms with van der Waals surface area (Å²) < 4.78 is 0. The Hall–Kier alpha value is -1.02. The Bertz CT molecular complexity index is 395. The molecule has 100 valence electrons. The van der Waals surface area contributed by atoms with Gasteiger partial charge in [-0.2, -0.15) is 0 Å². The van der Waals surface area contributed by atoms with E-state index in [4.69, 9.17) is 11.6 Å². The highest BCUT2D eigenvalue weighted by molar-refractivity contribution is 6.17. The predicted molar refractivity (Wildman–Crippen MR) is 77.0 cm³/mol. The lowest BCUT2D eigenvalue weighted by Crippen LogP contribution is -2.36. The van der Waals surface area contributed by atoms with Crippen LogP contribution in [0.25, 0.3) is 0 Å². The van der Waals surface area contributed by atoms with Gasteiger partial charge in [0.05, 0.1) is 0 Å². The van der Waals surface area contributed by atoms with E-state index < -0.39 is 0 Å². The Morgan fingerprint density at radius 1 is 1.28 bits per heavy atom. The highest BCUT2D eigenvalue weighted by Crippen LogP contribution is 2.24. The molecule has 0 unspecified atom stereocenters. The van der Waals surface area contributed by atoms with Crippen LogP contribution in [-0.4, -0.2) is 12.5 Å². The number of hydrogen-bond acceptors (Lipinski definition) is 1. The standard InChI is InChI=1S/C15H22ClNO/c1-11(2)15(3,4)10-17-14(18)13-7-5-12(9-16)6-8-13/h5-8,11H,9-10H2,1-4H3,(H,17,18). The van der Waals surface area contributed by atoms with Gasteiger partial charge >= 0.3 is 0 Å². The van der Waals surface area contributed by atoms with Crippen molar-refractivity contribution < 1.29 is 4.79 Å². The Morgan fingerprint density at radius 3 is 2.28 bits per heavy atom. The lowest BCUT2D eigenvalue weighted by Gasteiger charge is -2.29. The van der Waals surface area contributed by atoms with Crippen LogP contribution in [0.1, 0.15) is 43.6 Å². The number of amides is 1. The third-order valence-corrected chi connectivity index (χ3v) is 3.95. The van der Waals surface area contributed by atoms with E-state index in [9.17, 15) is 4.79 Å². The van der Waals surface area contributed by atoms with Crippen molar-refractivity contribution in [2.45, 2.75) is 33.6 Å². The van der Waals surface area contributed by atoms with Crippen LogP contribution in [0.4, 0.5) is 0 Å². The second kappa shape index (κ2) is 6.24. The Morgan fingerprint density at radius 2 is 1.83 bits per heavy atom. The molecular formula is C15H22ClNO. The molecule has 0 radical (unpaired) electrons. The summed E-state index contributed by atoms with van der Waals surface area (Å²) in [6.07, 6.45) is 0. The minimum absolute atomic E-state index is 0.0233. The molecule has 1 aromatic rings. The largest absolute Gasteiger partial charge is 0.351 e. The van der Waals surface area contributed by atoms with Gasteiger partial charge in [-0.05, 0) is 29.0 Å². The second-order valence-electron chi connectivity index (χ2n) is 5.66. The number of carbonyl (C=O) groups excluding carboxylic acids is 1. The first kappa shape index (κ1) is 15.0. The zero-order valence-corrected chi connectivity index (χ0v) is 12.3. The van der Waals surface area contributed by atoms with E-state index in [-0.39, 0.29) is 11.3 Å². The molecule has 0 saturated carbocycles. The molecule has 0 aliphatic rings. The molecule has 3 heteroatoms. The summed E-state index contributed by atoms with van der Waals surface area (Å²) in [5.74, 6) is 0.976. The highest BCUT2D eigenvalue weighted by atomic mass is 35.5. The molecule has 2 nitrogen and oxygen atoms in total. The SMILES string of the molecule is CC(C)C(C)(C)CNC(=O)c1ccc(CCl)cc1. The molecule has 0 aromatic heterocycles. The maximum atomic E-state index is 12.0. The van der Waals surface area contributed by atoms with E-state index in [0.29, 0.717) is 23.9 Å². The number of alkyl halides is 1. The Kier molecular flexibility index (Phi) is 5.21. The fraction of sp³-hybridized carbons (Fsp3) is 0.533. The number of halogens is 1. The maximum absolute atomic E-state index is 12.0. The van der Waals surface area contributed by atoms with Gasteiger partial charge in [-0.15, -0.1) is 11.6 Å². The summed E-state index contributed by atoms with van der Waals surface area (Å²) in [6, 6.07) is 7.40. The van der Waals surface area contributed by atoms with Crippen molar-refractivity contribution in [2.75, 3.05) is 6.54 Å². The minimum atomic E-state index is -0.0233. The van der Waals surface area contributed by atoms with Gasteiger partial charge in [-0.3, -0.25) is 4.79 Å². The average molecular weight is 268 g/mol. The van der Waals surface area contributed by atoms with Gasteiger partial charge in [0, 0.05) is 18.0 Å². The van der Waals surface area contributed by atoms with Crippen LogP contribution in [0.5, 0.6) is 0 Å². The Labute approximate surface area is 115 Å². The van der Waals surface area contributed by atoms with Crippen LogP contribution < -0.4 is 5.32 Å². The fourth-order valence-electron chi connectivity index (χ4n) is 1.36. The summed E-state index contributed by atoms with van der Waals surface area (Å²) in [5, 5.41) is 2.99. The van der Waals surface area contributed by atoms with Gasteiger partial charge in [0.15, 0.2) is 0 Å². The monoisotopic (exact) mass is 267 g/mol. The molecule has 1 amide bonds. The zero-order valence-electron chi connectivity index (χ0n) is 11.6. The number of benzene rings is 1. The van der Waals surface area contributed by atoms with Crippen LogP contribution in [0, 0.1) is 11.3 Å². The molecule has 18 heavy (non-hydrogen) atoms. The first-order valence-corrected chi connectivity index (χ1v) is 6.83. The molecule has 0 fully saturated rings. The fourth-order valence-corrected chi connectivity index (χ4v) is 1.54. The topological polar surface area (TPSA) is 29.1 Å². The summed E-state index contributed by atoms with van der Waals surface area (Å²) in [7, 11) is 0. The molecule has 0 bridgehead atoms. The third-order valence-electron chi connectivity index (χ3n) is 3.64. The second-order valence-corrected chi connectivity index (χ2v) is 5.92. The number of rotatable bonds is 5. The average Bonchev–Trinajstić information content (AvgIpc) is 2.36. The molecule has 0 aliphatic carbocycles. The molecule has 0 heterocycles. The first-order chi connectivity index (χ1) is 8.36. The van der Waals surface area contributed by atoms with Crippen molar-refractivity contribution in [3.8, 4) is 0 Å². The van der Waals surface area contributed by atoms with Crippen molar-refractivity contribution in [1.82, 2.24) is 5.32 Å². The van der Waals surface area contributed by atoms with Crippen LogP contribution in [0.2, 0.25) is 0 Å². The lowest BCUT2D eigenvalue weighted by atomic mass is 9.81. The van der Waals surface area contributed by atoms with E-state index in [2.05, 4.69) is 33.0 Å². The smallest absolute Gasteiger partial charge is 0.251 e. The number of hydrogen-bond donors (Lipinski definition) is 1. The highest BCUT2D eigenvalue weighted by Gasteiger charge is 2.23. The quantitative estimate of drug-likeness (QED) is 0.807. The summed E-state index contributed by atoms with van der Waals surface area (Å²) in [6.45, 7) is 9.34. The van der Waals surface area contributed by atoms with E-state index in [1.165, 1.54) is 0 Å². The van der Waals surface area contributed by atoms with Crippen LogP contribution in [-0.2, 0) is 5.88 Å². The number of nitrogens with one attached hydrogen (secondary N) is 1. The van der Waals surface area contributed by atoms with Crippen LogP contribution in [0.15, 0.2) is 24.3 Å². The molecule has 0 aliphatic heterocycles. The minimum Gasteiger partial charge on any atom is -0.351 e. The van der Waals surface area contributed by atoms with Crippen molar-refractivity contribution in [2.24, 2.45) is 11.3 Å². The molecule has 1 N–H and O–H groups in total. The van der Waals surface area contributed by atoms with Crippen molar-refractivity contribution in [3.05, 3.63) is 35.4 Å². The Balaban J connectivity index is 2.60. The van der Waals surface area contributed by atoms with E-state index in [1.54, 1.807) is 0 Å². The van der Waals surface area contributed by atoms with Crippen LogP contribution in [0.3, 0.4) is 0 Å². The van der Waals surface area contributed by atoms with Crippen molar-refractivity contribution in [1.29, 1.82) is 0 Å². The zero-order chi connectivity index (χ0) is 13.8. The van der Waals surface area contributed by atoms with E-state index >= 15 is 0 Å². The first-order valence-electron chi connectivity index (χ1n) is 6.30. The summed E-state index contributed by atoms with van der Waals surface area (Å²) >= 11 is 5.71. The molecular weight excluding hydrogens is 246 g/mol. The molecule has 0 spiro atoms. The van der Waals surface area contributed by atoms with Gasteiger partial charge in [0.25, 0.3) is 5.91 Å². The van der Waals surface area contributed by atoms with Crippen molar-refractivity contribution >= 4 is 17.5 Å².